The number of hydrogen-bond donors (Lipinski definition) is 0. The number of benzene rings is 1. The Balaban J connectivity index is 1.47. The van der Waals surface area contributed by atoms with Crippen molar-refractivity contribution in [3.05, 3.63) is 56.0 Å². The van der Waals surface area contributed by atoms with E-state index in [0.29, 0.717) is 42.5 Å². The summed E-state index contributed by atoms with van der Waals surface area (Å²) in [7, 11) is 1.82. The normalized spacial score (nSPS) is 10.9. The van der Waals surface area contributed by atoms with Gasteiger partial charge in [-0.15, -0.1) is 11.3 Å². The molecule has 8 heteroatoms. The predicted octanol–water partition coefficient (Wildman–Crippen LogP) is 5.20. The van der Waals surface area contributed by atoms with Gasteiger partial charge in [-0.3, -0.25) is 4.79 Å². The van der Waals surface area contributed by atoms with Crippen LogP contribution in [0.3, 0.4) is 0 Å². The van der Waals surface area contributed by atoms with Crippen LogP contribution >= 0.6 is 38.9 Å². The lowest BCUT2D eigenvalue weighted by Gasteiger charge is -2.15. The van der Waals surface area contributed by atoms with E-state index in [1.165, 1.54) is 0 Å². The Morgan fingerprint density at radius 2 is 2.12 bits per heavy atom. The molecule has 5 nitrogen and oxygen atoms in total. The summed E-state index contributed by atoms with van der Waals surface area (Å²) < 4.78 is 6.31. The fourth-order valence-corrected chi connectivity index (χ4v) is 4.04. The van der Waals surface area contributed by atoms with Crippen molar-refractivity contribution in [2.24, 2.45) is 0 Å². The SMILES string of the molecule is CN(Cc1cc(Br)cs1)C(=O)CCCc1nc(-c2ccc(Cl)cc2)no1. The highest BCUT2D eigenvalue weighted by atomic mass is 79.9. The van der Waals surface area contributed by atoms with Crippen LogP contribution in [-0.4, -0.2) is 28.0 Å². The minimum absolute atomic E-state index is 0.104. The molecular weight excluding hydrogens is 438 g/mol. The highest BCUT2D eigenvalue weighted by Crippen LogP contribution is 2.21. The zero-order chi connectivity index (χ0) is 18.5. The van der Waals surface area contributed by atoms with Crippen LogP contribution < -0.4 is 0 Å². The summed E-state index contributed by atoms with van der Waals surface area (Å²) in [5.74, 6) is 1.17. The number of amides is 1. The van der Waals surface area contributed by atoms with Gasteiger partial charge in [0.25, 0.3) is 0 Å². The molecule has 2 aromatic heterocycles. The molecule has 0 aliphatic heterocycles. The van der Waals surface area contributed by atoms with Gasteiger partial charge >= 0.3 is 0 Å². The van der Waals surface area contributed by atoms with Crippen LogP contribution in [0.15, 0.2) is 44.7 Å². The third kappa shape index (κ3) is 5.16. The summed E-state index contributed by atoms with van der Waals surface area (Å²) in [5, 5.41) is 6.66. The summed E-state index contributed by atoms with van der Waals surface area (Å²) in [6.07, 6.45) is 1.69. The van der Waals surface area contributed by atoms with E-state index in [2.05, 4.69) is 26.1 Å². The van der Waals surface area contributed by atoms with Crippen LogP contribution in [0, 0.1) is 0 Å². The molecule has 1 aromatic carbocycles. The number of aryl methyl sites for hydroxylation is 1. The first kappa shape index (κ1) is 19.1. The number of carbonyl (C=O) groups excluding carboxylic acids is 1. The van der Waals surface area contributed by atoms with Gasteiger partial charge in [0.1, 0.15) is 0 Å². The summed E-state index contributed by atoms with van der Waals surface area (Å²) in [6.45, 7) is 0.621. The van der Waals surface area contributed by atoms with Gasteiger partial charge in [0.2, 0.25) is 17.6 Å². The largest absolute Gasteiger partial charge is 0.341 e. The lowest BCUT2D eigenvalue weighted by atomic mass is 10.2. The monoisotopic (exact) mass is 453 g/mol. The zero-order valence-corrected chi connectivity index (χ0v) is 17.3. The smallest absolute Gasteiger partial charge is 0.226 e. The summed E-state index contributed by atoms with van der Waals surface area (Å²) in [5.41, 5.74) is 0.849. The van der Waals surface area contributed by atoms with Crippen molar-refractivity contribution in [1.29, 1.82) is 0 Å². The quantitative estimate of drug-likeness (QED) is 0.492. The summed E-state index contributed by atoms with van der Waals surface area (Å²) in [4.78, 5) is 19.5. The lowest BCUT2D eigenvalue weighted by molar-refractivity contribution is -0.130. The molecule has 0 atom stereocenters. The van der Waals surface area contributed by atoms with E-state index >= 15 is 0 Å². The minimum Gasteiger partial charge on any atom is -0.341 e. The van der Waals surface area contributed by atoms with Crippen LogP contribution in [0.25, 0.3) is 11.4 Å². The maximum absolute atomic E-state index is 12.2. The van der Waals surface area contributed by atoms with Crippen LogP contribution in [-0.2, 0) is 17.8 Å². The number of nitrogens with zero attached hydrogens (tertiary/aromatic N) is 3. The average molecular weight is 455 g/mol. The Labute approximate surface area is 169 Å². The molecule has 26 heavy (non-hydrogen) atoms. The van der Waals surface area contributed by atoms with Gasteiger partial charge < -0.3 is 9.42 Å². The Bertz CT molecular complexity index is 879. The number of aromatic nitrogens is 2. The topological polar surface area (TPSA) is 59.2 Å². The highest BCUT2D eigenvalue weighted by molar-refractivity contribution is 9.10. The van der Waals surface area contributed by atoms with Crippen molar-refractivity contribution in [2.75, 3.05) is 7.05 Å². The molecule has 3 rings (SSSR count). The molecule has 0 saturated heterocycles. The van der Waals surface area contributed by atoms with Crippen LogP contribution in [0.2, 0.25) is 5.02 Å². The number of halogens is 2. The van der Waals surface area contributed by atoms with Crippen LogP contribution in [0.5, 0.6) is 0 Å². The fraction of sp³-hybridized carbons (Fsp3) is 0.278. The van der Waals surface area contributed by atoms with Crippen molar-refractivity contribution >= 4 is 44.8 Å². The molecule has 136 valence electrons. The Kier molecular flexibility index (Phi) is 6.45. The molecule has 0 N–H and O–H groups in total. The molecule has 0 aliphatic carbocycles. The van der Waals surface area contributed by atoms with Gasteiger partial charge in [-0.1, -0.05) is 16.8 Å². The average Bonchev–Trinajstić information content (AvgIpc) is 3.24. The predicted molar refractivity (Wildman–Crippen MR) is 106 cm³/mol. The first-order valence-electron chi connectivity index (χ1n) is 8.06. The second-order valence-electron chi connectivity index (χ2n) is 5.85. The van der Waals surface area contributed by atoms with Gasteiger partial charge in [0.05, 0.1) is 6.54 Å². The molecule has 0 bridgehead atoms. The number of hydrogen-bond acceptors (Lipinski definition) is 5. The van der Waals surface area contributed by atoms with Crippen LogP contribution in [0.1, 0.15) is 23.6 Å². The first-order chi connectivity index (χ1) is 12.5. The third-order valence-electron chi connectivity index (χ3n) is 3.79. The lowest BCUT2D eigenvalue weighted by Crippen LogP contribution is -2.25. The van der Waals surface area contributed by atoms with Gasteiger partial charge in [-0.05, 0) is 52.7 Å². The maximum Gasteiger partial charge on any atom is 0.226 e. The molecule has 0 saturated carbocycles. The second kappa shape index (κ2) is 8.79. The van der Waals surface area contributed by atoms with Gasteiger partial charge in [0, 0.05) is 45.2 Å². The van der Waals surface area contributed by atoms with E-state index in [-0.39, 0.29) is 5.91 Å². The van der Waals surface area contributed by atoms with Crippen molar-refractivity contribution in [2.45, 2.75) is 25.8 Å². The van der Waals surface area contributed by atoms with Crippen molar-refractivity contribution in [1.82, 2.24) is 15.0 Å². The van der Waals surface area contributed by atoms with E-state index < -0.39 is 0 Å². The highest BCUT2D eigenvalue weighted by Gasteiger charge is 2.13. The number of rotatable bonds is 7. The summed E-state index contributed by atoms with van der Waals surface area (Å²) in [6, 6.07) is 9.29. The Hall–Kier alpha value is -1.70. The van der Waals surface area contributed by atoms with Crippen molar-refractivity contribution in [3.8, 4) is 11.4 Å². The second-order valence-corrected chi connectivity index (χ2v) is 8.20. The van der Waals surface area contributed by atoms with Gasteiger partial charge in [0.15, 0.2) is 0 Å². The minimum atomic E-state index is 0.104. The third-order valence-corrected chi connectivity index (χ3v) is 5.73. The fourth-order valence-electron chi connectivity index (χ4n) is 2.41. The van der Waals surface area contributed by atoms with Gasteiger partial charge in [-0.2, -0.15) is 4.98 Å². The Morgan fingerprint density at radius 1 is 1.35 bits per heavy atom. The molecule has 0 fully saturated rings. The van der Waals surface area contributed by atoms with E-state index in [0.717, 1.165) is 14.9 Å². The number of carbonyl (C=O) groups is 1. The maximum atomic E-state index is 12.2. The molecule has 0 spiro atoms. The van der Waals surface area contributed by atoms with E-state index in [4.69, 9.17) is 16.1 Å². The molecule has 0 unspecified atom stereocenters. The van der Waals surface area contributed by atoms with E-state index in [1.54, 1.807) is 28.4 Å². The van der Waals surface area contributed by atoms with Gasteiger partial charge in [-0.25, -0.2) is 0 Å². The first-order valence-corrected chi connectivity index (χ1v) is 10.1. The van der Waals surface area contributed by atoms with Crippen molar-refractivity contribution < 1.29 is 9.32 Å². The molecule has 2 heterocycles. The molecule has 3 aromatic rings. The van der Waals surface area contributed by atoms with E-state index in [9.17, 15) is 4.79 Å². The molecule has 0 radical (unpaired) electrons. The number of thiophene rings is 1. The Morgan fingerprint density at radius 3 is 2.81 bits per heavy atom. The molecule has 0 aliphatic rings. The zero-order valence-electron chi connectivity index (χ0n) is 14.1. The van der Waals surface area contributed by atoms with Crippen molar-refractivity contribution in [3.63, 3.8) is 0 Å². The standard InChI is InChI=1S/C18H17BrClN3O2S/c1-23(10-15-9-13(19)11-26-15)17(24)4-2-3-16-21-18(22-25-16)12-5-7-14(20)8-6-12/h5-9,11H,2-4,10H2,1H3. The van der Waals surface area contributed by atoms with Crippen LogP contribution in [0.4, 0.5) is 0 Å². The summed E-state index contributed by atoms with van der Waals surface area (Å²) >= 11 is 10.9. The molecule has 1 amide bonds. The van der Waals surface area contributed by atoms with E-state index in [1.807, 2.05) is 30.6 Å². The molecular formula is C18H17BrClN3O2S.